The maximum Gasteiger partial charge on any atom is 0.338 e. The van der Waals surface area contributed by atoms with Gasteiger partial charge in [0.25, 0.3) is 0 Å². The lowest BCUT2D eigenvalue weighted by Gasteiger charge is -2.28. The summed E-state index contributed by atoms with van der Waals surface area (Å²) in [5.74, 6) is -0.668. The number of carbonyl (C=O) groups excluding carboxylic acids is 1. The second-order valence-electron chi connectivity index (χ2n) is 5.48. The van der Waals surface area contributed by atoms with Crippen molar-refractivity contribution in [3.63, 3.8) is 0 Å². The molecule has 0 bridgehead atoms. The molecule has 0 saturated heterocycles. The van der Waals surface area contributed by atoms with E-state index in [0.29, 0.717) is 11.3 Å². The predicted octanol–water partition coefficient (Wildman–Crippen LogP) is 2.95. The van der Waals surface area contributed by atoms with Crippen LogP contribution in [0, 0.1) is 25.2 Å². The number of allylic oxidation sites excluding steroid dienone is 2. The fraction of sp³-hybridized carbons (Fsp3) is 0.333. The average Bonchev–Trinajstić information content (AvgIpc) is 2.49. The number of nitriles is 1. The molecule has 5 nitrogen and oxygen atoms in total. The van der Waals surface area contributed by atoms with Crippen LogP contribution in [-0.2, 0) is 14.3 Å². The summed E-state index contributed by atoms with van der Waals surface area (Å²) in [6.07, 6.45) is 0. The third-order valence-electron chi connectivity index (χ3n) is 3.85. The number of ether oxygens (including phenoxy) is 2. The molecule has 0 fully saturated rings. The van der Waals surface area contributed by atoms with Crippen molar-refractivity contribution in [1.29, 1.82) is 5.26 Å². The molecular formula is C18H20N2O3. The summed E-state index contributed by atoms with van der Waals surface area (Å²) in [6, 6.07) is 7.99. The van der Waals surface area contributed by atoms with Crippen molar-refractivity contribution in [2.75, 3.05) is 6.61 Å². The summed E-state index contributed by atoms with van der Waals surface area (Å²) in [5, 5.41) is 9.53. The van der Waals surface area contributed by atoms with Gasteiger partial charge in [0.2, 0.25) is 5.88 Å². The van der Waals surface area contributed by atoms with Crippen LogP contribution in [0.5, 0.6) is 0 Å². The van der Waals surface area contributed by atoms with E-state index in [1.165, 1.54) is 0 Å². The van der Waals surface area contributed by atoms with Gasteiger partial charge in [0.15, 0.2) is 0 Å². The summed E-state index contributed by atoms with van der Waals surface area (Å²) < 4.78 is 10.6. The molecule has 23 heavy (non-hydrogen) atoms. The highest BCUT2D eigenvalue weighted by Crippen LogP contribution is 2.40. The lowest BCUT2D eigenvalue weighted by molar-refractivity contribution is -0.139. The van der Waals surface area contributed by atoms with E-state index in [1.54, 1.807) is 13.8 Å². The van der Waals surface area contributed by atoms with Crippen molar-refractivity contribution < 1.29 is 14.3 Å². The number of nitrogens with zero attached hydrogens (tertiary/aromatic N) is 1. The van der Waals surface area contributed by atoms with Gasteiger partial charge in [-0.15, -0.1) is 0 Å². The number of hydrogen-bond acceptors (Lipinski definition) is 5. The monoisotopic (exact) mass is 312 g/mol. The first-order valence-corrected chi connectivity index (χ1v) is 7.43. The lowest BCUT2D eigenvalue weighted by Crippen LogP contribution is -2.26. The van der Waals surface area contributed by atoms with Crippen LogP contribution in [0.1, 0.15) is 36.5 Å². The second-order valence-corrected chi connectivity index (χ2v) is 5.48. The van der Waals surface area contributed by atoms with Gasteiger partial charge in [-0.3, -0.25) is 0 Å². The van der Waals surface area contributed by atoms with Gasteiger partial charge in [0, 0.05) is 0 Å². The van der Waals surface area contributed by atoms with E-state index in [1.807, 2.05) is 32.0 Å². The molecule has 1 aliphatic heterocycles. The standard InChI is InChI=1S/C18H20N2O3/c1-5-22-18(21)15-12(4)23-17(20)14(9-19)16(15)13-8-10(2)6-7-11(13)3/h6-8,16H,5,20H2,1-4H3/t16-/m1/s1. The van der Waals surface area contributed by atoms with E-state index in [2.05, 4.69) is 6.07 Å². The number of rotatable bonds is 3. The summed E-state index contributed by atoms with van der Waals surface area (Å²) >= 11 is 0. The number of nitrogens with two attached hydrogens (primary N) is 1. The van der Waals surface area contributed by atoms with E-state index >= 15 is 0 Å². The molecule has 2 rings (SSSR count). The predicted molar refractivity (Wildman–Crippen MR) is 85.9 cm³/mol. The van der Waals surface area contributed by atoms with Gasteiger partial charge >= 0.3 is 5.97 Å². The van der Waals surface area contributed by atoms with Crippen molar-refractivity contribution in [2.24, 2.45) is 5.73 Å². The smallest absolute Gasteiger partial charge is 0.338 e. The Morgan fingerprint density at radius 3 is 2.70 bits per heavy atom. The number of aryl methyl sites for hydroxylation is 2. The maximum absolute atomic E-state index is 12.4. The molecule has 2 N–H and O–H groups in total. The second kappa shape index (κ2) is 6.57. The molecule has 120 valence electrons. The molecule has 1 aromatic rings. The quantitative estimate of drug-likeness (QED) is 0.867. The van der Waals surface area contributed by atoms with Gasteiger partial charge < -0.3 is 15.2 Å². The van der Waals surface area contributed by atoms with Crippen LogP contribution in [0.3, 0.4) is 0 Å². The van der Waals surface area contributed by atoms with Gasteiger partial charge in [-0.25, -0.2) is 4.79 Å². The fourth-order valence-corrected chi connectivity index (χ4v) is 2.74. The Hall–Kier alpha value is -2.74. The Kier molecular flexibility index (Phi) is 4.75. The summed E-state index contributed by atoms with van der Waals surface area (Å²) in [6.45, 7) is 7.54. The van der Waals surface area contributed by atoms with E-state index in [0.717, 1.165) is 16.7 Å². The minimum Gasteiger partial charge on any atom is -0.463 e. The third kappa shape index (κ3) is 3.07. The Balaban J connectivity index is 2.69. The Morgan fingerprint density at radius 2 is 2.09 bits per heavy atom. The van der Waals surface area contributed by atoms with E-state index in [9.17, 15) is 10.1 Å². The van der Waals surface area contributed by atoms with Gasteiger partial charge in [0.1, 0.15) is 17.4 Å². The Morgan fingerprint density at radius 1 is 1.39 bits per heavy atom. The van der Waals surface area contributed by atoms with Gasteiger partial charge in [-0.05, 0) is 38.8 Å². The number of benzene rings is 1. The lowest BCUT2D eigenvalue weighted by atomic mass is 9.80. The highest BCUT2D eigenvalue weighted by atomic mass is 16.5. The molecule has 1 aromatic carbocycles. The largest absolute Gasteiger partial charge is 0.463 e. The van der Waals surface area contributed by atoms with E-state index in [-0.39, 0.29) is 18.1 Å². The normalized spacial score (nSPS) is 17.6. The Labute approximate surface area is 136 Å². The molecule has 0 aliphatic carbocycles. The molecule has 0 radical (unpaired) electrons. The van der Waals surface area contributed by atoms with Gasteiger partial charge in [-0.1, -0.05) is 23.8 Å². The number of esters is 1. The topological polar surface area (TPSA) is 85.3 Å². The highest BCUT2D eigenvalue weighted by Gasteiger charge is 2.36. The third-order valence-corrected chi connectivity index (χ3v) is 3.85. The first-order chi connectivity index (χ1) is 10.9. The zero-order chi connectivity index (χ0) is 17.1. The van der Waals surface area contributed by atoms with Crippen LogP contribution in [-0.4, -0.2) is 12.6 Å². The van der Waals surface area contributed by atoms with Crippen molar-refractivity contribution >= 4 is 5.97 Å². The molecule has 0 spiro atoms. The molecule has 1 atom stereocenters. The van der Waals surface area contributed by atoms with Gasteiger partial charge in [-0.2, -0.15) is 5.26 Å². The van der Waals surface area contributed by atoms with Crippen LogP contribution in [0.15, 0.2) is 41.0 Å². The van der Waals surface area contributed by atoms with Crippen LogP contribution in [0.4, 0.5) is 0 Å². The van der Waals surface area contributed by atoms with Crippen molar-refractivity contribution in [3.05, 3.63) is 57.7 Å². The molecule has 0 amide bonds. The molecule has 1 heterocycles. The molecular weight excluding hydrogens is 292 g/mol. The fourth-order valence-electron chi connectivity index (χ4n) is 2.74. The minimum atomic E-state index is -0.576. The molecule has 5 heteroatoms. The minimum absolute atomic E-state index is 0.0314. The first kappa shape index (κ1) is 16.6. The molecule has 1 aliphatic rings. The van der Waals surface area contributed by atoms with Crippen LogP contribution < -0.4 is 5.73 Å². The maximum atomic E-state index is 12.4. The summed E-state index contributed by atoms with van der Waals surface area (Å²) in [4.78, 5) is 12.4. The van der Waals surface area contributed by atoms with Crippen LogP contribution >= 0.6 is 0 Å². The zero-order valence-corrected chi connectivity index (χ0v) is 13.8. The van der Waals surface area contributed by atoms with Crippen molar-refractivity contribution in [3.8, 4) is 6.07 Å². The highest BCUT2D eigenvalue weighted by molar-refractivity contribution is 5.92. The van der Waals surface area contributed by atoms with Crippen molar-refractivity contribution in [1.82, 2.24) is 0 Å². The van der Waals surface area contributed by atoms with Crippen LogP contribution in [0.25, 0.3) is 0 Å². The van der Waals surface area contributed by atoms with E-state index in [4.69, 9.17) is 15.2 Å². The SMILES string of the molecule is CCOC(=O)C1=C(C)OC(N)=C(C#N)[C@H]1c1cc(C)ccc1C. The van der Waals surface area contributed by atoms with Crippen molar-refractivity contribution in [2.45, 2.75) is 33.6 Å². The molecule has 0 aromatic heterocycles. The molecule has 0 unspecified atom stereocenters. The number of hydrogen-bond donors (Lipinski definition) is 1. The van der Waals surface area contributed by atoms with Gasteiger partial charge in [0.05, 0.1) is 18.1 Å². The summed E-state index contributed by atoms with van der Waals surface area (Å²) in [5.41, 5.74) is 9.30. The molecule has 0 saturated carbocycles. The Bertz CT molecular complexity index is 754. The first-order valence-electron chi connectivity index (χ1n) is 7.43. The average molecular weight is 312 g/mol. The summed E-state index contributed by atoms with van der Waals surface area (Å²) in [7, 11) is 0. The zero-order valence-electron chi connectivity index (χ0n) is 13.8. The number of carbonyl (C=O) groups is 1. The van der Waals surface area contributed by atoms with E-state index < -0.39 is 11.9 Å². The van der Waals surface area contributed by atoms with Crippen LogP contribution in [0.2, 0.25) is 0 Å².